The second kappa shape index (κ2) is 4.87. The molecule has 0 spiro atoms. The Hall–Kier alpha value is -1.36. The van der Waals surface area contributed by atoms with Crippen LogP contribution in [0.4, 0.5) is 0 Å². The second-order valence-corrected chi connectivity index (χ2v) is 5.15. The highest BCUT2D eigenvalue weighted by Gasteiger charge is 2.42. The highest BCUT2D eigenvalue weighted by Crippen LogP contribution is 2.38. The molecule has 0 bridgehead atoms. The molecule has 2 atom stereocenters. The zero-order valence-electron chi connectivity index (χ0n) is 9.97. The fourth-order valence-corrected chi connectivity index (χ4v) is 3.19. The van der Waals surface area contributed by atoms with Gasteiger partial charge in [0.1, 0.15) is 0 Å². The number of likely N-dealkylation sites (tertiary alicyclic amines) is 1. The number of carbonyl (C=O) groups is 2. The van der Waals surface area contributed by atoms with Crippen molar-refractivity contribution < 1.29 is 9.59 Å². The predicted octanol–water partition coefficient (Wildman–Crippen LogP) is 1.40. The van der Waals surface area contributed by atoms with Crippen LogP contribution < -0.4 is 5.32 Å². The average Bonchev–Trinajstić information content (AvgIpc) is 2.89. The van der Waals surface area contributed by atoms with Crippen LogP contribution in [0.2, 0.25) is 0 Å². The highest BCUT2D eigenvalue weighted by atomic mass is 32.1. The summed E-state index contributed by atoms with van der Waals surface area (Å²) in [5, 5.41) is 4.78. The summed E-state index contributed by atoms with van der Waals surface area (Å²) in [4.78, 5) is 26.5. The summed E-state index contributed by atoms with van der Waals surface area (Å²) in [7, 11) is 1.77. The van der Waals surface area contributed by atoms with E-state index in [9.17, 15) is 9.59 Å². The molecule has 17 heavy (non-hydrogen) atoms. The number of carbonyl (C=O) groups excluding carboxylic acids is 2. The fraction of sp³-hybridized carbons (Fsp3) is 0.500. The molecule has 1 aliphatic rings. The minimum absolute atomic E-state index is 0.0244. The van der Waals surface area contributed by atoms with E-state index in [-0.39, 0.29) is 23.8 Å². The molecular weight excluding hydrogens is 236 g/mol. The lowest BCUT2D eigenvalue weighted by Crippen LogP contribution is -2.34. The summed E-state index contributed by atoms with van der Waals surface area (Å²) in [6.07, 6.45) is 0.310. The highest BCUT2D eigenvalue weighted by molar-refractivity contribution is 7.10. The van der Waals surface area contributed by atoms with Crippen molar-refractivity contribution in [1.82, 2.24) is 10.2 Å². The van der Waals surface area contributed by atoms with Crippen molar-refractivity contribution in [1.29, 1.82) is 0 Å². The normalized spacial score (nSPS) is 24.1. The van der Waals surface area contributed by atoms with Gasteiger partial charge in [0.2, 0.25) is 11.8 Å². The van der Waals surface area contributed by atoms with Crippen molar-refractivity contribution in [2.75, 3.05) is 13.6 Å². The lowest BCUT2D eigenvalue weighted by atomic mass is 9.98. The lowest BCUT2D eigenvalue weighted by Gasteiger charge is -2.23. The van der Waals surface area contributed by atoms with E-state index in [4.69, 9.17) is 0 Å². The van der Waals surface area contributed by atoms with Gasteiger partial charge >= 0.3 is 0 Å². The Bertz CT molecular complexity index is 416. The number of hydrogen-bond acceptors (Lipinski definition) is 3. The van der Waals surface area contributed by atoms with Crippen LogP contribution in [0.3, 0.4) is 0 Å². The molecule has 1 fully saturated rings. The standard InChI is InChI=1S/C12H16N2O2S/c1-3-13-12(16)8-7-10(15)14(2)11(8)9-5-4-6-17-9/h4-6,8,11H,3,7H2,1-2H3,(H,13,16)/t8-,11-/m0/s1. The molecule has 1 saturated heterocycles. The smallest absolute Gasteiger partial charge is 0.226 e. The summed E-state index contributed by atoms with van der Waals surface area (Å²) < 4.78 is 0. The van der Waals surface area contributed by atoms with Crippen LogP contribution in [0, 0.1) is 5.92 Å². The third-order valence-corrected chi connectivity index (χ3v) is 4.05. The minimum Gasteiger partial charge on any atom is -0.356 e. The van der Waals surface area contributed by atoms with Crippen molar-refractivity contribution in [3.63, 3.8) is 0 Å². The zero-order valence-corrected chi connectivity index (χ0v) is 10.8. The molecule has 2 amide bonds. The maximum Gasteiger partial charge on any atom is 0.226 e. The third-order valence-electron chi connectivity index (χ3n) is 3.11. The molecule has 2 heterocycles. The Morgan fingerprint density at radius 2 is 2.41 bits per heavy atom. The van der Waals surface area contributed by atoms with Crippen molar-refractivity contribution in [3.8, 4) is 0 Å². The van der Waals surface area contributed by atoms with Gasteiger partial charge in [-0.3, -0.25) is 9.59 Å². The molecule has 1 aliphatic heterocycles. The van der Waals surface area contributed by atoms with Gasteiger partial charge in [-0.15, -0.1) is 11.3 Å². The summed E-state index contributed by atoms with van der Waals surface area (Å²) in [6, 6.07) is 3.83. The van der Waals surface area contributed by atoms with Crippen LogP contribution in [-0.2, 0) is 9.59 Å². The Kier molecular flexibility index (Phi) is 3.47. The van der Waals surface area contributed by atoms with Gasteiger partial charge in [0.25, 0.3) is 0 Å². The monoisotopic (exact) mass is 252 g/mol. The molecule has 1 N–H and O–H groups in total. The summed E-state index contributed by atoms with van der Waals surface area (Å²) in [6.45, 7) is 2.49. The number of thiophene rings is 1. The van der Waals surface area contributed by atoms with Gasteiger partial charge in [-0.1, -0.05) is 6.07 Å². The van der Waals surface area contributed by atoms with Crippen LogP contribution >= 0.6 is 11.3 Å². The van der Waals surface area contributed by atoms with Gasteiger partial charge in [0.05, 0.1) is 12.0 Å². The average molecular weight is 252 g/mol. The Labute approximate surface area is 105 Å². The predicted molar refractivity (Wildman–Crippen MR) is 66.6 cm³/mol. The molecule has 0 unspecified atom stereocenters. The topological polar surface area (TPSA) is 49.4 Å². The van der Waals surface area contributed by atoms with E-state index in [1.165, 1.54) is 0 Å². The zero-order chi connectivity index (χ0) is 12.4. The van der Waals surface area contributed by atoms with E-state index in [2.05, 4.69) is 5.32 Å². The largest absolute Gasteiger partial charge is 0.356 e. The second-order valence-electron chi connectivity index (χ2n) is 4.17. The third kappa shape index (κ3) is 2.20. The van der Waals surface area contributed by atoms with Gasteiger partial charge in [0.15, 0.2) is 0 Å². The first-order valence-electron chi connectivity index (χ1n) is 5.72. The van der Waals surface area contributed by atoms with E-state index in [0.717, 1.165) is 4.88 Å². The summed E-state index contributed by atoms with van der Waals surface area (Å²) in [5.74, 6) is -0.241. The molecule has 2 rings (SSSR count). The quantitative estimate of drug-likeness (QED) is 0.884. The Morgan fingerprint density at radius 3 is 3.00 bits per heavy atom. The van der Waals surface area contributed by atoms with Gasteiger partial charge in [0, 0.05) is 24.9 Å². The van der Waals surface area contributed by atoms with E-state index in [0.29, 0.717) is 13.0 Å². The van der Waals surface area contributed by atoms with Crippen molar-refractivity contribution in [3.05, 3.63) is 22.4 Å². The molecule has 1 aromatic heterocycles. The SMILES string of the molecule is CCNC(=O)[C@H]1CC(=O)N(C)[C@@H]1c1cccs1. The lowest BCUT2D eigenvalue weighted by molar-refractivity contribution is -0.128. The van der Waals surface area contributed by atoms with E-state index in [1.54, 1.807) is 23.3 Å². The van der Waals surface area contributed by atoms with Crippen LogP contribution in [-0.4, -0.2) is 30.3 Å². The molecule has 0 aliphatic carbocycles. The fourth-order valence-electron chi connectivity index (χ4n) is 2.26. The van der Waals surface area contributed by atoms with E-state index < -0.39 is 0 Å². The first-order chi connectivity index (χ1) is 8.15. The van der Waals surface area contributed by atoms with Gasteiger partial charge < -0.3 is 10.2 Å². The molecular formula is C12H16N2O2S. The maximum atomic E-state index is 12.0. The molecule has 0 aromatic carbocycles. The first-order valence-corrected chi connectivity index (χ1v) is 6.60. The van der Waals surface area contributed by atoms with Crippen LogP contribution in [0.25, 0.3) is 0 Å². The number of rotatable bonds is 3. The van der Waals surface area contributed by atoms with Crippen LogP contribution in [0.5, 0.6) is 0 Å². The molecule has 4 nitrogen and oxygen atoms in total. The van der Waals surface area contributed by atoms with E-state index >= 15 is 0 Å². The molecule has 1 aromatic rings. The maximum absolute atomic E-state index is 12.0. The summed E-state index contributed by atoms with van der Waals surface area (Å²) in [5.41, 5.74) is 0. The first kappa shape index (κ1) is 12.1. The van der Waals surface area contributed by atoms with Crippen LogP contribution in [0.15, 0.2) is 17.5 Å². The van der Waals surface area contributed by atoms with Crippen molar-refractivity contribution in [2.24, 2.45) is 5.92 Å². The van der Waals surface area contributed by atoms with Crippen molar-refractivity contribution in [2.45, 2.75) is 19.4 Å². The van der Waals surface area contributed by atoms with E-state index in [1.807, 2.05) is 24.4 Å². The van der Waals surface area contributed by atoms with Crippen LogP contribution in [0.1, 0.15) is 24.3 Å². The number of nitrogens with one attached hydrogen (secondary N) is 1. The molecule has 5 heteroatoms. The van der Waals surface area contributed by atoms with Crippen molar-refractivity contribution >= 4 is 23.2 Å². The molecule has 0 radical (unpaired) electrons. The molecule has 92 valence electrons. The number of amides is 2. The molecule has 0 saturated carbocycles. The van der Waals surface area contributed by atoms with Gasteiger partial charge in [-0.05, 0) is 18.4 Å². The minimum atomic E-state index is -0.258. The van der Waals surface area contributed by atoms with Gasteiger partial charge in [-0.2, -0.15) is 0 Å². The number of hydrogen-bond donors (Lipinski definition) is 1. The van der Waals surface area contributed by atoms with Gasteiger partial charge in [-0.25, -0.2) is 0 Å². The number of nitrogens with zero attached hydrogens (tertiary/aromatic N) is 1. The Balaban J connectivity index is 2.25. The summed E-state index contributed by atoms with van der Waals surface area (Å²) >= 11 is 1.59. The Morgan fingerprint density at radius 1 is 1.65 bits per heavy atom.